The van der Waals surface area contributed by atoms with Gasteiger partial charge in [0.2, 0.25) is 5.91 Å². The first-order valence-electron chi connectivity index (χ1n) is 9.57. The topological polar surface area (TPSA) is 59.3 Å². The molecule has 1 N–H and O–H groups in total. The van der Waals surface area contributed by atoms with Crippen LogP contribution in [0.15, 0.2) is 29.1 Å². The highest BCUT2D eigenvalue weighted by Crippen LogP contribution is 2.13. The summed E-state index contributed by atoms with van der Waals surface area (Å²) in [6.45, 7) is 12.8. The third-order valence-electron chi connectivity index (χ3n) is 4.69. The van der Waals surface area contributed by atoms with E-state index in [0.29, 0.717) is 25.2 Å². The van der Waals surface area contributed by atoms with Crippen LogP contribution >= 0.6 is 0 Å². The van der Waals surface area contributed by atoms with Gasteiger partial charge in [-0.05, 0) is 46.2 Å². The van der Waals surface area contributed by atoms with Crippen LogP contribution in [0.1, 0.15) is 41.0 Å². The molecule has 0 radical (unpaired) electrons. The van der Waals surface area contributed by atoms with Gasteiger partial charge < -0.3 is 5.32 Å². The van der Waals surface area contributed by atoms with Gasteiger partial charge in [-0.15, -0.1) is 0 Å². The van der Waals surface area contributed by atoms with Gasteiger partial charge in [-0.1, -0.05) is 19.1 Å². The summed E-state index contributed by atoms with van der Waals surface area (Å²) >= 11 is 0. The first-order valence-corrected chi connectivity index (χ1v) is 9.57. The van der Waals surface area contributed by atoms with Crippen LogP contribution in [0.3, 0.4) is 0 Å². The van der Waals surface area contributed by atoms with Gasteiger partial charge in [0.25, 0.3) is 0 Å². The minimum atomic E-state index is -0.126. The molecule has 6 heteroatoms. The first kappa shape index (κ1) is 20.2. The Morgan fingerprint density at radius 3 is 2.19 bits per heavy atom. The number of amides is 1. The van der Waals surface area contributed by atoms with Gasteiger partial charge in [-0.3, -0.25) is 18.8 Å². The fourth-order valence-electron chi connectivity index (χ4n) is 3.50. The maximum atomic E-state index is 12.7. The maximum absolute atomic E-state index is 12.7. The average molecular weight is 361 g/mol. The van der Waals surface area contributed by atoms with Crippen LogP contribution in [-0.2, 0) is 17.9 Å². The molecule has 0 aliphatic rings. The minimum absolute atomic E-state index is 0.0550. The van der Waals surface area contributed by atoms with Crippen molar-refractivity contribution in [3.63, 3.8) is 0 Å². The molecule has 1 aromatic carbocycles. The molecule has 2 rings (SSSR count). The quantitative estimate of drug-likeness (QED) is 0.747. The number of fused-ring (bicyclic) bond motifs is 1. The number of aryl methyl sites for hydroxylation is 1. The number of nitrogens with one attached hydrogen (secondary N) is 1. The molecule has 0 bridgehead atoms. The number of benzene rings is 1. The number of carbonyl (C=O) groups excluding carboxylic acids is 1. The monoisotopic (exact) mass is 360 g/mol. The van der Waals surface area contributed by atoms with Gasteiger partial charge in [0.1, 0.15) is 6.54 Å². The summed E-state index contributed by atoms with van der Waals surface area (Å²) < 4.78 is 3.32. The van der Waals surface area contributed by atoms with Crippen molar-refractivity contribution >= 4 is 16.9 Å². The molecule has 1 heterocycles. The SMILES string of the molecule is CCCn1c(=O)n(CC(=O)NCCN(C(C)C)C(C)C)c2ccccc21. The van der Waals surface area contributed by atoms with Crippen molar-refractivity contribution in [2.45, 2.75) is 66.2 Å². The van der Waals surface area contributed by atoms with Crippen molar-refractivity contribution in [1.29, 1.82) is 0 Å². The predicted octanol–water partition coefficient (Wildman–Crippen LogP) is 2.45. The number of rotatable bonds is 9. The Bertz CT molecular complexity index is 781. The molecule has 144 valence electrons. The molecule has 0 atom stereocenters. The highest BCUT2D eigenvalue weighted by atomic mass is 16.2. The third-order valence-corrected chi connectivity index (χ3v) is 4.69. The zero-order chi connectivity index (χ0) is 19.3. The largest absolute Gasteiger partial charge is 0.353 e. The summed E-state index contributed by atoms with van der Waals surface area (Å²) in [5.41, 5.74) is 1.58. The Kier molecular flexibility index (Phi) is 7.03. The minimum Gasteiger partial charge on any atom is -0.353 e. The number of hydrogen-bond donors (Lipinski definition) is 1. The van der Waals surface area contributed by atoms with E-state index >= 15 is 0 Å². The fourth-order valence-corrected chi connectivity index (χ4v) is 3.50. The van der Waals surface area contributed by atoms with Crippen LogP contribution in [0.4, 0.5) is 0 Å². The van der Waals surface area contributed by atoms with Crippen molar-refractivity contribution in [3.05, 3.63) is 34.7 Å². The van der Waals surface area contributed by atoms with E-state index in [-0.39, 0.29) is 18.1 Å². The van der Waals surface area contributed by atoms with E-state index < -0.39 is 0 Å². The van der Waals surface area contributed by atoms with Crippen molar-refractivity contribution in [2.75, 3.05) is 13.1 Å². The van der Waals surface area contributed by atoms with Crippen molar-refractivity contribution < 1.29 is 4.79 Å². The van der Waals surface area contributed by atoms with Gasteiger partial charge in [0.05, 0.1) is 11.0 Å². The molecule has 0 spiro atoms. The summed E-state index contributed by atoms with van der Waals surface area (Å²) in [4.78, 5) is 27.4. The molecule has 0 unspecified atom stereocenters. The lowest BCUT2D eigenvalue weighted by Gasteiger charge is -2.30. The second-order valence-corrected chi connectivity index (χ2v) is 7.28. The number of aromatic nitrogens is 2. The number of para-hydroxylation sites is 2. The summed E-state index contributed by atoms with van der Waals surface area (Å²) in [7, 11) is 0. The van der Waals surface area contributed by atoms with Crippen LogP contribution in [-0.4, -0.2) is 45.1 Å². The molecule has 0 aliphatic carbocycles. The molecule has 2 aromatic rings. The third kappa shape index (κ3) is 4.55. The molecule has 1 aromatic heterocycles. The van der Waals surface area contributed by atoms with Crippen LogP contribution in [0.25, 0.3) is 11.0 Å². The molecule has 26 heavy (non-hydrogen) atoms. The fraction of sp³-hybridized carbons (Fsp3) is 0.600. The Labute approximate surface area is 155 Å². The Balaban J connectivity index is 2.08. The summed E-state index contributed by atoms with van der Waals surface area (Å²) in [5.74, 6) is -0.126. The van der Waals surface area contributed by atoms with Gasteiger partial charge in [-0.25, -0.2) is 4.79 Å². The zero-order valence-electron chi connectivity index (χ0n) is 16.7. The molecule has 6 nitrogen and oxygen atoms in total. The lowest BCUT2D eigenvalue weighted by atomic mass is 10.2. The lowest BCUT2D eigenvalue weighted by molar-refractivity contribution is -0.121. The molecular formula is C20H32N4O2. The standard InChI is InChI=1S/C20H32N4O2/c1-6-12-23-17-9-7-8-10-18(17)24(20(23)26)14-19(25)21-11-13-22(15(2)3)16(4)5/h7-10,15-16H,6,11-14H2,1-5H3,(H,21,25). The normalized spacial score (nSPS) is 11.8. The lowest BCUT2D eigenvalue weighted by Crippen LogP contribution is -2.43. The molecule has 1 amide bonds. The van der Waals surface area contributed by atoms with E-state index in [0.717, 1.165) is 24.0 Å². The van der Waals surface area contributed by atoms with Gasteiger partial charge in [0.15, 0.2) is 0 Å². The molecular weight excluding hydrogens is 328 g/mol. The number of nitrogens with zero attached hydrogens (tertiary/aromatic N) is 3. The van der Waals surface area contributed by atoms with Crippen molar-refractivity contribution in [3.8, 4) is 0 Å². The second kappa shape index (κ2) is 9.03. The molecule has 0 aliphatic heterocycles. The number of hydrogen-bond acceptors (Lipinski definition) is 3. The highest BCUT2D eigenvalue weighted by Gasteiger charge is 2.16. The van der Waals surface area contributed by atoms with E-state index in [4.69, 9.17) is 0 Å². The van der Waals surface area contributed by atoms with Crippen molar-refractivity contribution in [2.24, 2.45) is 0 Å². The maximum Gasteiger partial charge on any atom is 0.329 e. The van der Waals surface area contributed by atoms with E-state index in [1.807, 2.05) is 31.2 Å². The van der Waals surface area contributed by atoms with Crippen LogP contribution in [0.5, 0.6) is 0 Å². The number of imidazole rings is 1. The van der Waals surface area contributed by atoms with Gasteiger partial charge in [0, 0.05) is 31.7 Å². The molecule has 0 saturated carbocycles. The summed E-state index contributed by atoms with van der Waals surface area (Å²) in [5, 5.41) is 2.95. The highest BCUT2D eigenvalue weighted by molar-refractivity contribution is 5.80. The average Bonchev–Trinajstić information content (AvgIpc) is 2.84. The van der Waals surface area contributed by atoms with E-state index in [1.165, 1.54) is 0 Å². The van der Waals surface area contributed by atoms with E-state index in [1.54, 1.807) is 9.13 Å². The smallest absolute Gasteiger partial charge is 0.329 e. The van der Waals surface area contributed by atoms with Gasteiger partial charge in [-0.2, -0.15) is 0 Å². The summed E-state index contributed by atoms with van der Waals surface area (Å²) in [6.07, 6.45) is 0.875. The Morgan fingerprint density at radius 1 is 1.08 bits per heavy atom. The second-order valence-electron chi connectivity index (χ2n) is 7.28. The van der Waals surface area contributed by atoms with Crippen LogP contribution < -0.4 is 11.0 Å². The first-order chi connectivity index (χ1) is 12.4. The zero-order valence-corrected chi connectivity index (χ0v) is 16.7. The molecule has 0 fully saturated rings. The van der Waals surface area contributed by atoms with Crippen LogP contribution in [0, 0.1) is 0 Å². The van der Waals surface area contributed by atoms with E-state index in [2.05, 4.69) is 37.9 Å². The van der Waals surface area contributed by atoms with Gasteiger partial charge >= 0.3 is 5.69 Å². The van der Waals surface area contributed by atoms with E-state index in [9.17, 15) is 9.59 Å². The Hall–Kier alpha value is -2.08. The Morgan fingerprint density at radius 2 is 1.65 bits per heavy atom. The van der Waals surface area contributed by atoms with Crippen molar-refractivity contribution in [1.82, 2.24) is 19.4 Å². The number of carbonyl (C=O) groups is 1. The predicted molar refractivity (Wildman–Crippen MR) is 106 cm³/mol. The van der Waals surface area contributed by atoms with Crippen LogP contribution in [0.2, 0.25) is 0 Å². The molecule has 0 saturated heterocycles. The summed E-state index contributed by atoms with van der Waals surface area (Å²) in [6, 6.07) is 8.52.